The monoisotopic (exact) mass is 196 g/mol. The molecular formula is C10H16N2O2. The summed E-state index contributed by atoms with van der Waals surface area (Å²) in [4.78, 5) is 25.8. The zero-order valence-electron chi connectivity index (χ0n) is 9.05. The van der Waals surface area contributed by atoms with Crippen LogP contribution in [0.1, 0.15) is 33.3 Å². The summed E-state index contributed by atoms with van der Waals surface area (Å²) in [6.07, 6.45) is 2.12. The molecule has 1 aromatic rings. The van der Waals surface area contributed by atoms with Gasteiger partial charge in [0.1, 0.15) is 0 Å². The molecule has 1 heterocycles. The zero-order chi connectivity index (χ0) is 10.9. The van der Waals surface area contributed by atoms with Crippen LogP contribution in [0.5, 0.6) is 0 Å². The quantitative estimate of drug-likeness (QED) is 0.724. The number of hydrogen-bond donors (Lipinski definition) is 1. The van der Waals surface area contributed by atoms with Crippen molar-refractivity contribution in [3.63, 3.8) is 0 Å². The number of nitrogens with zero attached hydrogens (tertiary/aromatic N) is 1. The maximum atomic E-state index is 11.8. The van der Waals surface area contributed by atoms with Gasteiger partial charge in [-0.1, -0.05) is 6.92 Å². The zero-order valence-corrected chi connectivity index (χ0v) is 9.05. The highest BCUT2D eigenvalue weighted by Crippen LogP contribution is 2.07. The van der Waals surface area contributed by atoms with E-state index >= 15 is 0 Å². The summed E-state index contributed by atoms with van der Waals surface area (Å²) < 4.78 is 1.26. The number of rotatable bonds is 1. The molecule has 0 aromatic carbocycles. The minimum absolute atomic E-state index is 0.191. The SMILES string of the molecule is CCc1c[nH]c(=O)n(C(C)(C)C)c1=O. The molecule has 0 fully saturated rings. The van der Waals surface area contributed by atoms with Crippen LogP contribution in [0.4, 0.5) is 0 Å². The predicted octanol–water partition coefficient (Wildman–Crippen LogP) is 0.854. The van der Waals surface area contributed by atoms with Crippen LogP contribution in [0.2, 0.25) is 0 Å². The van der Waals surface area contributed by atoms with Gasteiger partial charge in [-0.05, 0) is 27.2 Å². The Morgan fingerprint density at radius 1 is 1.36 bits per heavy atom. The van der Waals surface area contributed by atoms with Crippen LogP contribution in [0.3, 0.4) is 0 Å². The van der Waals surface area contributed by atoms with Gasteiger partial charge < -0.3 is 4.98 Å². The molecule has 0 spiro atoms. The van der Waals surface area contributed by atoms with Crippen molar-refractivity contribution in [3.8, 4) is 0 Å². The largest absolute Gasteiger partial charge is 0.328 e. The van der Waals surface area contributed by atoms with Gasteiger partial charge in [-0.15, -0.1) is 0 Å². The van der Waals surface area contributed by atoms with Crippen LogP contribution in [0, 0.1) is 0 Å². The van der Waals surface area contributed by atoms with Gasteiger partial charge in [0.05, 0.1) is 0 Å². The van der Waals surface area contributed by atoms with E-state index in [1.807, 2.05) is 27.7 Å². The van der Waals surface area contributed by atoms with Crippen molar-refractivity contribution in [1.29, 1.82) is 0 Å². The topological polar surface area (TPSA) is 54.9 Å². The van der Waals surface area contributed by atoms with E-state index in [4.69, 9.17) is 0 Å². The molecule has 0 amide bonds. The molecule has 0 atom stereocenters. The molecule has 0 radical (unpaired) electrons. The molecule has 0 aliphatic heterocycles. The summed E-state index contributed by atoms with van der Waals surface area (Å²) in [6.45, 7) is 7.40. The van der Waals surface area contributed by atoms with Gasteiger partial charge in [0.2, 0.25) is 0 Å². The van der Waals surface area contributed by atoms with E-state index < -0.39 is 5.54 Å². The fourth-order valence-corrected chi connectivity index (χ4v) is 1.37. The maximum absolute atomic E-state index is 11.8. The third-order valence-electron chi connectivity index (χ3n) is 2.10. The first-order chi connectivity index (χ1) is 6.38. The molecule has 14 heavy (non-hydrogen) atoms. The molecule has 4 nitrogen and oxygen atoms in total. The maximum Gasteiger partial charge on any atom is 0.328 e. The van der Waals surface area contributed by atoms with E-state index in [-0.39, 0.29) is 11.2 Å². The Labute approximate surface area is 82.6 Å². The van der Waals surface area contributed by atoms with Gasteiger partial charge in [-0.2, -0.15) is 0 Å². The first-order valence-electron chi connectivity index (χ1n) is 4.72. The summed E-state index contributed by atoms with van der Waals surface area (Å²) in [6, 6.07) is 0. The van der Waals surface area contributed by atoms with Crippen LogP contribution in [0.25, 0.3) is 0 Å². The number of aryl methyl sites for hydroxylation is 1. The molecule has 1 rings (SSSR count). The molecule has 0 aliphatic rings. The molecule has 1 aromatic heterocycles. The van der Waals surface area contributed by atoms with E-state index in [1.165, 1.54) is 10.8 Å². The highest BCUT2D eigenvalue weighted by molar-refractivity contribution is 5.05. The van der Waals surface area contributed by atoms with Crippen LogP contribution < -0.4 is 11.2 Å². The number of nitrogens with one attached hydrogen (secondary N) is 1. The molecule has 4 heteroatoms. The fourth-order valence-electron chi connectivity index (χ4n) is 1.37. The minimum atomic E-state index is -0.476. The molecular weight excluding hydrogens is 180 g/mol. The Bertz CT molecular complexity index is 435. The number of aromatic nitrogens is 2. The summed E-state index contributed by atoms with van der Waals surface area (Å²) in [5, 5.41) is 0. The molecule has 78 valence electrons. The first-order valence-corrected chi connectivity index (χ1v) is 4.72. The Morgan fingerprint density at radius 2 is 1.93 bits per heavy atom. The number of hydrogen-bond acceptors (Lipinski definition) is 2. The van der Waals surface area contributed by atoms with Gasteiger partial charge in [0, 0.05) is 17.3 Å². The van der Waals surface area contributed by atoms with E-state index in [0.29, 0.717) is 12.0 Å². The lowest BCUT2D eigenvalue weighted by Gasteiger charge is -2.21. The lowest BCUT2D eigenvalue weighted by molar-refractivity contribution is 0.364. The van der Waals surface area contributed by atoms with Gasteiger partial charge in [0.15, 0.2) is 0 Å². The molecule has 0 bridgehead atoms. The number of aromatic amines is 1. The fraction of sp³-hybridized carbons (Fsp3) is 0.600. The second-order valence-corrected chi connectivity index (χ2v) is 4.28. The smallest absolute Gasteiger partial charge is 0.314 e. The van der Waals surface area contributed by atoms with E-state index in [0.717, 1.165) is 0 Å². The average Bonchev–Trinajstić information content (AvgIpc) is 2.02. The lowest BCUT2D eigenvalue weighted by atomic mass is 10.1. The Kier molecular flexibility index (Phi) is 2.64. The van der Waals surface area contributed by atoms with Crippen molar-refractivity contribution < 1.29 is 0 Å². The van der Waals surface area contributed by atoms with Gasteiger partial charge in [0.25, 0.3) is 5.56 Å². The Balaban J connectivity index is 3.58. The van der Waals surface area contributed by atoms with Crippen LogP contribution in [0.15, 0.2) is 15.8 Å². The van der Waals surface area contributed by atoms with Crippen LogP contribution in [-0.4, -0.2) is 9.55 Å². The predicted molar refractivity (Wildman–Crippen MR) is 55.7 cm³/mol. The molecule has 1 N–H and O–H groups in total. The van der Waals surface area contributed by atoms with E-state index in [2.05, 4.69) is 4.98 Å². The van der Waals surface area contributed by atoms with Crippen molar-refractivity contribution >= 4 is 0 Å². The van der Waals surface area contributed by atoms with Gasteiger partial charge >= 0.3 is 5.69 Å². The Hall–Kier alpha value is -1.32. The molecule has 0 saturated carbocycles. The first kappa shape index (κ1) is 10.8. The van der Waals surface area contributed by atoms with E-state index in [1.54, 1.807) is 0 Å². The second kappa shape index (κ2) is 3.44. The van der Waals surface area contributed by atoms with Crippen molar-refractivity contribution in [2.45, 2.75) is 39.7 Å². The third-order valence-corrected chi connectivity index (χ3v) is 2.10. The summed E-state index contributed by atoms with van der Waals surface area (Å²) in [7, 11) is 0. The summed E-state index contributed by atoms with van der Waals surface area (Å²) in [5.74, 6) is 0. The Morgan fingerprint density at radius 3 is 2.36 bits per heavy atom. The molecule has 0 aliphatic carbocycles. The van der Waals surface area contributed by atoms with E-state index in [9.17, 15) is 9.59 Å². The van der Waals surface area contributed by atoms with Crippen LogP contribution >= 0.6 is 0 Å². The highest BCUT2D eigenvalue weighted by Gasteiger charge is 2.18. The van der Waals surface area contributed by atoms with Crippen molar-refractivity contribution in [2.24, 2.45) is 0 Å². The van der Waals surface area contributed by atoms with Gasteiger partial charge in [-0.3, -0.25) is 9.36 Å². The van der Waals surface area contributed by atoms with Gasteiger partial charge in [-0.25, -0.2) is 4.79 Å². The highest BCUT2D eigenvalue weighted by atomic mass is 16.2. The van der Waals surface area contributed by atoms with Crippen molar-refractivity contribution in [3.05, 3.63) is 32.6 Å². The second-order valence-electron chi connectivity index (χ2n) is 4.28. The summed E-state index contributed by atoms with van der Waals surface area (Å²) >= 11 is 0. The average molecular weight is 196 g/mol. The lowest BCUT2D eigenvalue weighted by Crippen LogP contribution is -2.45. The number of H-pyrrole nitrogens is 1. The third kappa shape index (κ3) is 1.78. The molecule has 0 unspecified atom stereocenters. The standard InChI is InChI=1S/C10H16N2O2/c1-5-7-6-11-9(14)12(8(7)13)10(2,3)4/h6H,5H2,1-4H3,(H,11,14). The normalized spacial score (nSPS) is 11.7. The molecule has 0 saturated heterocycles. The summed E-state index contributed by atoms with van der Waals surface area (Å²) in [5.41, 5.74) is -0.376. The van der Waals surface area contributed by atoms with Crippen LogP contribution in [-0.2, 0) is 12.0 Å². The van der Waals surface area contributed by atoms with Crippen molar-refractivity contribution in [2.75, 3.05) is 0 Å². The minimum Gasteiger partial charge on any atom is -0.314 e. The van der Waals surface area contributed by atoms with Crippen molar-refractivity contribution in [1.82, 2.24) is 9.55 Å².